The predicted octanol–water partition coefficient (Wildman–Crippen LogP) is 5.70. The van der Waals surface area contributed by atoms with E-state index >= 15 is 0 Å². The van der Waals surface area contributed by atoms with E-state index in [4.69, 9.17) is 11.6 Å². The van der Waals surface area contributed by atoms with Crippen molar-refractivity contribution in [1.29, 1.82) is 0 Å². The van der Waals surface area contributed by atoms with Crippen molar-refractivity contribution in [2.45, 2.75) is 64.1 Å². The van der Waals surface area contributed by atoms with Gasteiger partial charge in [-0.1, -0.05) is 48.4 Å². The van der Waals surface area contributed by atoms with Gasteiger partial charge in [0.1, 0.15) is 18.4 Å². The first-order valence-electron chi connectivity index (χ1n) is 12.9. The SMILES string of the molecule is CCC(C(=O)NC(C)(C)C)N(Cc1ccc(F)cc1)C(=O)CN(c1ccc(Cl)cc1)S(=O)(=O)c1ccc(C)cc1. The molecule has 0 heterocycles. The molecule has 1 unspecified atom stereocenters. The predicted molar refractivity (Wildman–Crippen MR) is 156 cm³/mol. The Morgan fingerprint density at radius 1 is 0.950 bits per heavy atom. The zero-order valence-electron chi connectivity index (χ0n) is 23.3. The highest BCUT2D eigenvalue weighted by Crippen LogP contribution is 2.26. The van der Waals surface area contributed by atoms with Gasteiger partial charge in [0.2, 0.25) is 11.8 Å². The molecule has 0 radical (unpaired) electrons. The van der Waals surface area contributed by atoms with E-state index in [0.29, 0.717) is 10.6 Å². The highest BCUT2D eigenvalue weighted by atomic mass is 35.5. The average molecular weight is 588 g/mol. The van der Waals surface area contributed by atoms with Crippen LogP contribution in [0.5, 0.6) is 0 Å². The van der Waals surface area contributed by atoms with E-state index in [9.17, 15) is 22.4 Å². The molecule has 0 aliphatic rings. The Hall–Kier alpha value is -3.43. The van der Waals surface area contributed by atoms with Gasteiger partial charge in [0, 0.05) is 17.1 Å². The van der Waals surface area contributed by atoms with Gasteiger partial charge in [0.25, 0.3) is 10.0 Å². The van der Waals surface area contributed by atoms with Crippen LogP contribution in [0.4, 0.5) is 10.1 Å². The molecule has 0 saturated carbocycles. The van der Waals surface area contributed by atoms with Crippen molar-refractivity contribution in [3.63, 3.8) is 0 Å². The summed E-state index contributed by atoms with van der Waals surface area (Å²) in [5, 5.41) is 3.32. The number of nitrogens with zero attached hydrogens (tertiary/aromatic N) is 2. The number of aryl methyl sites for hydroxylation is 1. The Balaban J connectivity index is 2.06. The van der Waals surface area contributed by atoms with Crippen molar-refractivity contribution in [2.24, 2.45) is 0 Å². The van der Waals surface area contributed by atoms with E-state index in [0.717, 1.165) is 9.87 Å². The standard InChI is InChI=1S/C30H35ClFN3O4S/c1-6-27(29(37)33-30(3,4)5)34(19-22-9-13-24(32)14-10-22)28(36)20-35(25-15-11-23(31)12-16-25)40(38,39)26-17-7-21(2)8-18-26/h7-18,27H,6,19-20H2,1-5H3,(H,33,37). The number of sulfonamides is 1. The smallest absolute Gasteiger partial charge is 0.264 e. The fourth-order valence-corrected chi connectivity index (χ4v) is 5.67. The van der Waals surface area contributed by atoms with Gasteiger partial charge >= 0.3 is 0 Å². The fraction of sp³-hybridized carbons (Fsp3) is 0.333. The first-order chi connectivity index (χ1) is 18.7. The number of halogens is 2. The molecule has 0 spiro atoms. The first kappa shape index (κ1) is 31.1. The van der Waals surface area contributed by atoms with Crippen molar-refractivity contribution in [3.05, 3.63) is 94.8 Å². The summed E-state index contributed by atoms with van der Waals surface area (Å²) in [6, 6.07) is 17.2. The van der Waals surface area contributed by atoms with Gasteiger partial charge in [-0.25, -0.2) is 12.8 Å². The zero-order chi connectivity index (χ0) is 29.7. The first-order valence-corrected chi connectivity index (χ1v) is 14.7. The molecular weight excluding hydrogens is 553 g/mol. The number of nitrogens with one attached hydrogen (secondary N) is 1. The minimum Gasteiger partial charge on any atom is -0.350 e. The molecule has 0 fully saturated rings. The number of anilines is 1. The summed E-state index contributed by atoms with van der Waals surface area (Å²) < 4.78 is 42.3. The van der Waals surface area contributed by atoms with Crippen molar-refractivity contribution in [1.82, 2.24) is 10.2 Å². The molecular formula is C30H35ClFN3O4S. The van der Waals surface area contributed by atoms with Crippen molar-refractivity contribution < 1.29 is 22.4 Å². The van der Waals surface area contributed by atoms with Crippen LogP contribution in [0.3, 0.4) is 0 Å². The number of hydrogen-bond donors (Lipinski definition) is 1. The molecule has 7 nitrogen and oxygen atoms in total. The second-order valence-corrected chi connectivity index (χ2v) is 12.9. The monoisotopic (exact) mass is 587 g/mol. The molecule has 0 bridgehead atoms. The van der Waals surface area contributed by atoms with Gasteiger partial charge < -0.3 is 10.2 Å². The van der Waals surface area contributed by atoms with Crippen LogP contribution in [-0.4, -0.2) is 43.3 Å². The topological polar surface area (TPSA) is 86.8 Å². The third-order valence-electron chi connectivity index (χ3n) is 6.15. The number of amides is 2. The summed E-state index contributed by atoms with van der Waals surface area (Å²) in [5.74, 6) is -1.40. The number of rotatable bonds is 10. The third-order valence-corrected chi connectivity index (χ3v) is 8.19. The molecule has 0 aliphatic heterocycles. The van der Waals surface area contributed by atoms with Crippen LogP contribution < -0.4 is 9.62 Å². The van der Waals surface area contributed by atoms with Crippen LogP contribution >= 0.6 is 11.6 Å². The quantitative estimate of drug-likeness (QED) is 0.329. The lowest BCUT2D eigenvalue weighted by Crippen LogP contribution is -2.55. The highest BCUT2D eigenvalue weighted by Gasteiger charge is 2.34. The molecule has 2 amide bonds. The van der Waals surface area contributed by atoms with Crippen LogP contribution in [0.25, 0.3) is 0 Å². The summed E-state index contributed by atoms with van der Waals surface area (Å²) in [6.45, 7) is 8.53. The lowest BCUT2D eigenvalue weighted by molar-refractivity contribution is -0.141. The van der Waals surface area contributed by atoms with E-state index in [1.54, 1.807) is 31.2 Å². The number of carbonyl (C=O) groups excluding carboxylic acids is 2. The molecule has 1 atom stereocenters. The lowest BCUT2D eigenvalue weighted by Gasteiger charge is -2.34. The van der Waals surface area contributed by atoms with Gasteiger partial charge in [-0.15, -0.1) is 0 Å². The maximum absolute atomic E-state index is 14.0. The van der Waals surface area contributed by atoms with Gasteiger partial charge in [0.05, 0.1) is 10.6 Å². The Morgan fingerprint density at radius 2 is 1.52 bits per heavy atom. The zero-order valence-corrected chi connectivity index (χ0v) is 24.9. The van der Waals surface area contributed by atoms with Gasteiger partial charge in [-0.05, 0) is 88.2 Å². The Morgan fingerprint density at radius 3 is 2.05 bits per heavy atom. The molecule has 0 saturated heterocycles. The molecule has 3 rings (SSSR count). The Labute approximate surface area is 241 Å². The maximum Gasteiger partial charge on any atom is 0.264 e. The molecule has 1 N–H and O–H groups in total. The van der Waals surface area contributed by atoms with E-state index in [1.807, 2.05) is 27.7 Å². The third kappa shape index (κ3) is 8.05. The van der Waals surface area contributed by atoms with Crippen LogP contribution in [-0.2, 0) is 26.2 Å². The van der Waals surface area contributed by atoms with Gasteiger partial charge in [0.15, 0.2) is 0 Å². The largest absolute Gasteiger partial charge is 0.350 e. The Bertz CT molecular complexity index is 1420. The van der Waals surface area contributed by atoms with Gasteiger partial charge in [-0.3, -0.25) is 13.9 Å². The molecule has 3 aromatic rings. The molecule has 10 heteroatoms. The number of benzene rings is 3. The molecule has 0 aliphatic carbocycles. The molecule has 40 heavy (non-hydrogen) atoms. The van der Waals surface area contributed by atoms with Crippen molar-refractivity contribution >= 4 is 39.1 Å². The Kier molecular flexibility index (Phi) is 9.97. The minimum atomic E-state index is -4.18. The average Bonchev–Trinajstić information content (AvgIpc) is 2.88. The summed E-state index contributed by atoms with van der Waals surface area (Å²) >= 11 is 6.06. The fourth-order valence-electron chi connectivity index (χ4n) is 4.13. The van der Waals surface area contributed by atoms with Crippen LogP contribution in [0.2, 0.25) is 5.02 Å². The molecule has 0 aromatic heterocycles. The second kappa shape index (κ2) is 12.8. The second-order valence-electron chi connectivity index (χ2n) is 10.6. The summed E-state index contributed by atoms with van der Waals surface area (Å²) in [7, 11) is -4.18. The summed E-state index contributed by atoms with van der Waals surface area (Å²) in [4.78, 5) is 28.7. The van der Waals surface area contributed by atoms with E-state index < -0.39 is 39.9 Å². The van der Waals surface area contributed by atoms with E-state index in [2.05, 4.69) is 5.32 Å². The van der Waals surface area contributed by atoms with Crippen LogP contribution in [0, 0.1) is 12.7 Å². The van der Waals surface area contributed by atoms with Crippen molar-refractivity contribution in [2.75, 3.05) is 10.8 Å². The van der Waals surface area contributed by atoms with Gasteiger partial charge in [-0.2, -0.15) is 0 Å². The maximum atomic E-state index is 14.0. The highest BCUT2D eigenvalue weighted by molar-refractivity contribution is 7.92. The van der Waals surface area contributed by atoms with Crippen LogP contribution in [0.1, 0.15) is 45.2 Å². The van der Waals surface area contributed by atoms with Crippen LogP contribution in [0.15, 0.2) is 77.7 Å². The normalized spacial score (nSPS) is 12.5. The van der Waals surface area contributed by atoms with Crippen molar-refractivity contribution in [3.8, 4) is 0 Å². The lowest BCUT2D eigenvalue weighted by atomic mass is 10.1. The van der Waals surface area contributed by atoms with E-state index in [1.165, 1.54) is 53.4 Å². The summed E-state index contributed by atoms with van der Waals surface area (Å²) in [5.41, 5.74) is 1.16. The number of hydrogen-bond acceptors (Lipinski definition) is 4. The molecule has 3 aromatic carbocycles. The van der Waals surface area contributed by atoms with E-state index in [-0.39, 0.29) is 29.5 Å². The number of carbonyl (C=O) groups is 2. The summed E-state index contributed by atoms with van der Waals surface area (Å²) in [6.07, 6.45) is 0.278. The molecule has 214 valence electrons. The minimum absolute atomic E-state index is 0.0171.